The lowest BCUT2D eigenvalue weighted by Crippen LogP contribution is -2.20. The Kier molecular flexibility index (Phi) is 5.58. The highest BCUT2D eigenvalue weighted by Crippen LogP contribution is 2.18. The van der Waals surface area contributed by atoms with Crippen molar-refractivity contribution in [2.24, 2.45) is 0 Å². The second kappa shape index (κ2) is 7.64. The van der Waals surface area contributed by atoms with Gasteiger partial charge in [-0.3, -0.25) is 4.79 Å². The fourth-order valence-corrected chi connectivity index (χ4v) is 2.51. The molecule has 0 unspecified atom stereocenters. The van der Waals surface area contributed by atoms with Gasteiger partial charge in [-0.05, 0) is 47.9 Å². The minimum Gasteiger partial charge on any atom is -0.497 e. The lowest BCUT2D eigenvalue weighted by molar-refractivity contribution is -0.114. The Labute approximate surface area is 129 Å². The Balaban J connectivity index is 1.82. The molecule has 4 heteroatoms. The number of carbonyl (C=O) groups excluding carboxylic acids is 1. The molecule has 0 aliphatic heterocycles. The maximum absolute atomic E-state index is 11.8. The normalized spacial score (nSPS) is 10.8. The van der Waals surface area contributed by atoms with E-state index < -0.39 is 0 Å². The molecule has 0 aliphatic rings. The lowest BCUT2D eigenvalue weighted by atomic mass is 10.2. The van der Waals surface area contributed by atoms with Gasteiger partial charge in [0, 0.05) is 30.6 Å². The number of rotatable bonds is 7. The molecule has 0 saturated heterocycles. The minimum absolute atomic E-state index is 0.142. The van der Waals surface area contributed by atoms with Crippen LogP contribution in [0.2, 0.25) is 0 Å². The highest BCUT2D eigenvalue weighted by Gasteiger charge is 2.04. The molecular formula is C17H19NO2S. The van der Waals surface area contributed by atoms with Gasteiger partial charge in [0.25, 0.3) is 0 Å². The number of anilines is 1. The Morgan fingerprint density at radius 2 is 2.05 bits per heavy atom. The van der Waals surface area contributed by atoms with Crippen LogP contribution in [0.3, 0.4) is 0 Å². The molecular weight excluding hydrogens is 282 g/mol. The Morgan fingerprint density at radius 1 is 1.29 bits per heavy atom. The van der Waals surface area contributed by atoms with Crippen molar-refractivity contribution in [1.82, 2.24) is 0 Å². The Morgan fingerprint density at radius 3 is 2.67 bits per heavy atom. The first-order valence-corrected chi connectivity index (χ1v) is 7.66. The monoisotopic (exact) mass is 301 g/mol. The van der Waals surface area contributed by atoms with Crippen molar-refractivity contribution in [3.05, 3.63) is 52.7 Å². The molecule has 1 heterocycles. The standard InChI is InChI=1S/C17H19NO2S/c1-18(14-5-8-16(20-2)9-6-14)12-11-15(19)7-10-17-4-3-13-21-17/h3-10,13H,11-12H2,1-2H3/b10-7+. The topological polar surface area (TPSA) is 29.5 Å². The van der Waals surface area contributed by atoms with E-state index in [1.807, 2.05) is 54.9 Å². The van der Waals surface area contributed by atoms with E-state index in [0.29, 0.717) is 13.0 Å². The first-order valence-electron chi connectivity index (χ1n) is 6.78. The van der Waals surface area contributed by atoms with Crippen LogP contribution >= 0.6 is 11.3 Å². The van der Waals surface area contributed by atoms with Gasteiger partial charge in [0.15, 0.2) is 5.78 Å². The molecule has 0 atom stereocenters. The summed E-state index contributed by atoms with van der Waals surface area (Å²) in [4.78, 5) is 15.0. The zero-order chi connectivity index (χ0) is 15.1. The van der Waals surface area contributed by atoms with Crippen LogP contribution in [0.15, 0.2) is 47.9 Å². The number of allylic oxidation sites excluding steroid dienone is 1. The minimum atomic E-state index is 0.142. The van der Waals surface area contributed by atoms with E-state index in [1.165, 1.54) is 0 Å². The van der Waals surface area contributed by atoms with E-state index in [1.54, 1.807) is 24.5 Å². The second-order valence-corrected chi connectivity index (χ2v) is 5.66. The summed E-state index contributed by atoms with van der Waals surface area (Å²) in [7, 11) is 3.63. The average molecular weight is 301 g/mol. The number of ketones is 1. The van der Waals surface area contributed by atoms with Crippen molar-refractivity contribution in [3.8, 4) is 5.75 Å². The van der Waals surface area contributed by atoms with E-state index in [-0.39, 0.29) is 5.78 Å². The van der Waals surface area contributed by atoms with Gasteiger partial charge in [-0.15, -0.1) is 11.3 Å². The van der Waals surface area contributed by atoms with Crippen molar-refractivity contribution in [2.45, 2.75) is 6.42 Å². The fourth-order valence-electron chi connectivity index (χ4n) is 1.89. The first kappa shape index (κ1) is 15.3. The molecule has 0 saturated carbocycles. The molecule has 0 N–H and O–H groups in total. The third-order valence-corrected chi connectivity index (χ3v) is 4.02. The Bertz CT molecular complexity index is 588. The number of nitrogens with zero attached hydrogens (tertiary/aromatic N) is 1. The quantitative estimate of drug-likeness (QED) is 0.727. The summed E-state index contributed by atoms with van der Waals surface area (Å²) in [6.07, 6.45) is 4.04. The van der Waals surface area contributed by atoms with Gasteiger partial charge >= 0.3 is 0 Å². The van der Waals surface area contributed by atoms with Gasteiger partial charge in [0.05, 0.1) is 7.11 Å². The van der Waals surface area contributed by atoms with Crippen LogP contribution in [0.5, 0.6) is 5.75 Å². The van der Waals surface area contributed by atoms with Crippen LogP contribution in [-0.2, 0) is 4.79 Å². The third-order valence-electron chi connectivity index (χ3n) is 3.18. The largest absolute Gasteiger partial charge is 0.497 e. The number of methoxy groups -OCH3 is 1. The number of benzene rings is 1. The molecule has 0 radical (unpaired) electrons. The molecule has 0 fully saturated rings. The van der Waals surface area contributed by atoms with Crippen molar-refractivity contribution in [2.75, 3.05) is 25.6 Å². The molecule has 0 aliphatic carbocycles. The SMILES string of the molecule is COc1ccc(N(C)CCC(=O)/C=C/c2cccs2)cc1. The number of thiophene rings is 1. The maximum atomic E-state index is 11.8. The zero-order valence-corrected chi connectivity index (χ0v) is 13.1. The van der Waals surface area contributed by atoms with Gasteiger partial charge in [0.1, 0.15) is 5.75 Å². The van der Waals surface area contributed by atoms with Crippen LogP contribution in [-0.4, -0.2) is 26.5 Å². The molecule has 0 spiro atoms. The van der Waals surface area contributed by atoms with Crippen LogP contribution in [0, 0.1) is 0 Å². The smallest absolute Gasteiger partial charge is 0.157 e. The predicted octanol–water partition coefficient (Wildman–Crippen LogP) is 3.87. The Hall–Kier alpha value is -2.07. The number of carbonyl (C=O) groups is 1. The predicted molar refractivity (Wildman–Crippen MR) is 89.2 cm³/mol. The molecule has 3 nitrogen and oxygen atoms in total. The van der Waals surface area contributed by atoms with E-state index in [0.717, 1.165) is 16.3 Å². The summed E-state index contributed by atoms with van der Waals surface area (Å²) in [6.45, 7) is 0.694. The summed E-state index contributed by atoms with van der Waals surface area (Å²) in [5.74, 6) is 0.978. The molecule has 1 aromatic carbocycles. The highest BCUT2D eigenvalue weighted by molar-refractivity contribution is 7.10. The van der Waals surface area contributed by atoms with Gasteiger partial charge in [-0.25, -0.2) is 0 Å². The fraction of sp³-hybridized carbons (Fsp3) is 0.235. The number of ether oxygens (including phenoxy) is 1. The van der Waals surface area contributed by atoms with Crippen molar-refractivity contribution in [1.29, 1.82) is 0 Å². The van der Waals surface area contributed by atoms with Crippen LogP contribution in [0.4, 0.5) is 5.69 Å². The molecule has 21 heavy (non-hydrogen) atoms. The van der Waals surface area contributed by atoms with Crippen molar-refractivity contribution < 1.29 is 9.53 Å². The van der Waals surface area contributed by atoms with Crippen molar-refractivity contribution in [3.63, 3.8) is 0 Å². The summed E-state index contributed by atoms with van der Waals surface area (Å²) in [5.41, 5.74) is 1.07. The van der Waals surface area contributed by atoms with E-state index in [9.17, 15) is 4.79 Å². The van der Waals surface area contributed by atoms with E-state index in [2.05, 4.69) is 4.90 Å². The number of hydrogen-bond donors (Lipinski definition) is 0. The van der Waals surface area contributed by atoms with E-state index >= 15 is 0 Å². The highest BCUT2D eigenvalue weighted by atomic mass is 32.1. The second-order valence-electron chi connectivity index (χ2n) is 4.68. The van der Waals surface area contributed by atoms with E-state index in [4.69, 9.17) is 4.74 Å². The molecule has 1 aromatic heterocycles. The van der Waals surface area contributed by atoms with Crippen LogP contribution in [0.25, 0.3) is 6.08 Å². The lowest BCUT2D eigenvalue weighted by Gasteiger charge is -2.18. The molecule has 0 bridgehead atoms. The summed E-state index contributed by atoms with van der Waals surface area (Å²) in [5, 5.41) is 2.00. The summed E-state index contributed by atoms with van der Waals surface area (Å²) >= 11 is 1.63. The van der Waals surface area contributed by atoms with Crippen LogP contribution < -0.4 is 9.64 Å². The zero-order valence-electron chi connectivity index (χ0n) is 12.3. The summed E-state index contributed by atoms with van der Waals surface area (Å²) < 4.78 is 5.13. The van der Waals surface area contributed by atoms with Gasteiger partial charge in [0.2, 0.25) is 0 Å². The van der Waals surface area contributed by atoms with Gasteiger partial charge < -0.3 is 9.64 Å². The van der Waals surface area contributed by atoms with Crippen molar-refractivity contribution >= 4 is 28.9 Å². The molecule has 2 rings (SSSR count). The molecule has 110 valence electrons. The van der Waals surface area contributed by atoms with Crippen LogP contribution in [0.1, 0.15) is 11.3 Å². The summed E-state index contributed by atoms with van der Waals surface area (Å²) in [6, 6.07) is 11.8. The molecule has 0 amide bonds. The first-order chi connectivity index (χ1) is 10.2. The molecule has 2 aromatic rings. The average Bonchev–Trinajstić information content (AvgIpc) is 3.04. The van der Waals surface area contributed by atoms with Gasteiger partial charge in [-0.2, -0.15) is 0 Å². The maximum Gasteiger partial charge on any atom is 0.157 e. The van der Waals surface area contributed by atoms with Gasteiger partial charge in [-0.1, -0.05) is 6.07 Å². The number of hydrogen-bond acceptors (Lipinski definition) is 4. The third kappa shape index (κ3) is 4.76.